The molecule has 0 atom stereocenters. The maximum Gasteiger partial charge on any atom is 0.284 e. The molecule has 0 saturated heterocycles. The lowest BCUT2D eigenvalue weighted by atomic mass is 10.5. The predicted octanol–water partition coefficient (Wildman–Crippen LogP) is -0.755. The maximum absolute atomic E-state index is 10.3. The molecular weight excluding hydrogens is 150 g/mol. The number of hydrogen-bond acceptors (Lipinski definition) is 3. The van der Waals surface area contributed by atoms with Gasteiger partial charge in [0.2, 0.25) is 0 Å². The molecule has 0 fully saturated rings. The van der Waals surface area contributed by atoms with Crippen molar-refractivity contribution in [2.24, 2.45) is 7.05 Å². The highest BCUT2D eigenvalue weighted by Crippen LogP contribution is 2.03. The van der Waals surface area contributed by atoms with E-state index in [1.54, 1.807) is 17.0 Å². The molecule has 1 rings (SSSR count). The maximum atomic E-state index is 10.3. The molecule has 3 nitrogen and oxygen atoms in total. The van der Waals surface area contributed by atoms with E-state index in [0.717, 1.165) is 5.69 Å². The number of aromatic carboxylic acids is 1. The second-order valence-corrected chi connectivity index (χ2v) is 2.89. The number of nitrogens with zero attached hydrogens (tertiary/aromatic N) is 1. The van der Waals surface area contributed by atoms with E-state index in [9.17, 15) is 9.90 Å². The number of rotatable bonds is 1. The van der Waals surface area contributed by atoms with E-state index in [4.69, 9.17) is 0 Å². The molecule has 0 unspecified atom stereocenters. The van der Waals surface area contributed by atoms with Gasteiger partial charge in [0.15, 0.2) is 11.7 Å². The molecule has 4 heteroatoms. The Morgan fingerprint density at radius 3 is 2.60 bits per heavy atom. The summed E-state index contributed by atoms with van der Waals surface area (Å²) < 4.78 is 1.60. The Morgan fingerprint density at radius 1 is 1.80 bits per heavy atom. The van der Waals surface area contributed by atoms with Gasteiger partial charge in [-0.2, -0.15) is 4.57 Å². The van der Waals surface area contributed by atoms with Gasteiger partial charge in [0.1, 0.15) is 7.05 Å². The molecule has 0 aromatic carbocycles. The van der Waals surface area contributed by atoms with E-state index in [-0.39, 0.29) is 5.01 Å². The van der Waals surface area contributed by atoms with E-state index in [0.29, 0.717) is 0 Å². The van der Waals surface area contributed by atoms with Crippen LogP contribution in [0.5, 0.6) is 0 Å². The Bertz CT molecular complexity index is 267. The minimum absolute atomic E-state index is 0.262. The fraction of sp³-hybridized carbons (Fsp3) is 0.333. The lowest BCUT2D eigenvalue weighted by Crippen LogP contribution is -2.40. The average Bonchev–Trinajstić information content (AvgIpc) is 2.14. The average molecular weight is 157 g/mol. The normalized spacial score (nSPS) is 9.80. The van der Waals surface area contributed by atoms with Crippen LogP contribution in [0.25, 0.3) is 0 Å². The van der Waals surface area contributed by atoms with Crippen molar-refractivity contribution in [3.8, 4) is 0 Å². The second-order valence-electron chi connectivity index (χ2n) is 2.03. The first-order chi connectivity index (χ1) is 4.63. The first-order valence-electron chi connectivity index (χ1n) is 2.78. The van der Waals surface area contributed by atoms with Crippen LogP contribution in [0.1, 0.15) is 15.5 Å². The Kier molecular flexibility index (Phi) is 1.72. The van der Waals surface area contributed by atoms with E-state index >= 15 is 0 Å². The van der Waals surface area contributed by atoms with E-state index in [1.807, 2.05) is 6.92 Å². The summed E-state index contributed by atoms with van der Waals surface area (Å²) in [6, 6.07) is 0. The topological polar surface area (TPSA) is 44.0 Å². The highest BCUT2D eigenvalue weighted by molar-refractivity contribution is 7.11. The van der Waals surface area contributed by atoms with Crippen molar-refractivity contribution in [1.29, 1.82) is 0 Å². The lowest BCUT2D eigenvalue weighted by molar-refractivity contribution is -0.676. The summed E-state index contributed by atoms with van der Waals surface area (Å²) in [5.74, 6) is -1.11. The van der Waals surface area contributed by atoms with Crippen molar-refractivity contribution in [3.05, 3.63) is 16.1 Å². The fourth-order valence-electron chi connectivity index (χ4n) is 0.644. The number of hydrogen-bond donors (Lipinski definition) is 0. The first-order valence-corrected chi connectivity index (χ1v) is 3.66. The molecule has 0 N–H and O–H groups in total. The van der Waals surface area contributed by atoms with Gasteiger partial charge in [-0.3, -0.25) is 0 Å². The van der Waals surface area contributed by atoms with Crippen molar-refractivity contribution >= 4 is 17.3 Å². The molecule has 0 bridgehead atoms. The van der Waals surface area contributed by atoms with Gasteiger partial charge in [0.25, 0.3) is 5.01 Å². The molecule has 10 heavy (non-hydrogen) atoms. The number of carboxylic acids is 1. The Balaban J connectivity index is 3.17. The van der Waals surface area contributed by atoms with E-state index in [1.165, 1.54) is 11.3 Å². The minimum Gasteiger partial charge on any atom is -0.539 e. The predicted molar refractivity (Wildman–Crippen MR) is 34.6 cm³/mol. The molecule has 0 spiro atoms. The third-order valence-corrected chi connectivity index (χ3v) is 2.47. The summed E-state index contributed by atoms with van der Waals surface area (Å²) in [6.07, 6.45) is 0. The smallest absolute Gasteiger partial charge is 0.284 e. The Hall–Kier alpha value is -0.900. The van der Waals surface area contributed by atoms with Gasteiger partial charge in [-0.1, -0.05) is 11.3 Å². The summed E-state index contributed by atoms with van der Waals surface area (Å²) in [7, 11) is 1.71. The van der Waals surface area contributed by atoms with Crippen LogP contribution in [0.2, 0.25) is 0 Å². The standard InChI is InChI=1S/C6H7NO2S/c1-4-3-10-5(6(8)9)7(4)2/h3H,1-2H3. The van der Waals surface area contributed by atoms with Crippen molar-refractivity contribution in [2.45, 2.75) is 6.92 Å². The molecule has 54 valence electrons. The first kappa shape index (κ1) is 7.21. The lowest BCUT2D eigenvalue weighted by Gasteiger charge is -1.91. The summed E-state index contributed by atoms with van der Waals surface area (Å²) in [6.45, 7) is 1.85. The van der Waals surface area contributed by atoms with Gasteiger partial charge >= 0.3 is 0 Å². The Labute approximate surface area is 62.6 Å². The Morgan fingerprint density at radius 2 is 2.40 bits per heavy atom. The quantitative estimate of drug-likeness (QED) is 0.503. The third kappa shape index (κ3) is 1.02. The number of aromatic nitrogens is 1. The summed E-state index contributed by atoms with van der Waals surface area (Å²) in [4.78, 5) is 10.3. The molecule has 0 aliphatic rings. The van der Waals surface area contributed by atoms with Crippen LogP contribution in [0.15, 0.2) is 5.38 Å². The van der Waals surface area contributed by atoms with Gasteiger partial charge in [-0.15, -0.1) is 0 Å². The highest BCUT2D eigenvalue weighted by atomic mass is 32.1. The highest BCUT2D eigenvalue weighted by Gasteiger charge is 2.12. The molecule has 0 aliphatic heterocycles. The molecule has 1 heterocycles. The van der Waals surface area contributed by atoms with Crippen LogP contribution in [0, 0.1) is 6.92 Å². The van der Waals surface area contributed by atoms with Crippen LogP contribution < -0.4 is 9.67 Å². The largest absolute Gasteiger partial charge is 0.539 e. The van der Waals surface area contributed by atoms with Crippen molar-refractivity contribution < 1.29 is 14.5 Å². The summed E-state index contributed by atoms with van der Waals surface area (Å²) >= 11 is 1.19. The monoisotopic (exact) mass is 157 g/mol. The minimum atomic E-state index is -1.11. The number of aryl methyl sites for hydroxylation is 1. The zero-order valence-electron chi connectivity index (χ0n) is 5.75. The van der Waals surface area contributed by atoms with Crippen LogP contribution in [0.3, 0.4) is 0 Å². The van der Waals surface area contributed by atoms with Crippen LogP contribution in [-0.4, -0.2) is 5.97 Å². The molecule has 0 radical (unpaired) electrons. The molecular formula is C6H7NO2S. The van der Waals surface area contributed by atoms with Gasteiger partial charge in [0, 0.05) is 6.92 Å². The van der Waals surface area contributed by atoms with E-state index in [2.05, 4.69) is 0 Å². The van der Waals surface area contributed by atoms with Crippen molar-refractivity contribution in [2.75, 3.05) is 0 Å². The van der Waals surface area contributed by atoms with Crippen LogP contribution in [0.4, 0.5) is 0 Å². The fourth-order valence-corrected chi connectivity index (χ4v) is 1.48. The SMILES string of the molecule is Cc1csc(C(=O)[O-])[n+]1C. The van der Waals surface area contributed by atoms with Gasteiger partial charge in [-0.05, 0) is 0 Å². The number of carbonyl (C=O) groups excluding carboxylic acids is 1. The number of thiazole rings is 1. The van der Waals surface area contributed by atoms with Gasteiger partial charge in [0.05, 0.1) is 5.38 Å². The van der Waals surface area contributed by atoms with Crippen molar-refractivity contribution in [3.63, 3.8) is 0 Å². The summed E-state index contributed by atoms with van der Waals surface area (Å²) in [5.41, 5.74) is 0.934. The second kappa shape index (κ2) is 2.38. The third-order valence-electron chi connectivity index (χ3n) is 1.35. The van der Waals surface area contributed by atoms with Crippen molar-refractivity contribution in [1.82, 2.24) is 0 Å². The summed E-state index contributed by atoms with van der Waals surface area (Å²) in [5, 5.41) is 12.4. The molecule has 0 aliphatic carbocycles. The zero-order valence-corrected chi connectivity index (χ0v) is 6.57. The van der Waals surface area contributed by atoms with Crippen LogP contribution in [-0.2, 0) is 7.05 Å². The van der Waals surface area contributed by atoms with Crippen LogP contribution >= 0.6 is 11.3 Å². The molecule has 1 aromatic rings. The van der Waals surface area contributed by atoms with E-state index < -0.39 is 5.97 Å². The van der Waals surface area contributed by atoms with Gasteiger partial charge < -0.3 is 9.90 Å². The zero-order chi connectivity index (χ0) is 7.72. The molecule has 0 saturated carbocycles. The van der Waals surface area contributed by atoms with Gasteiger partial charge in [-0.25, -0.2) is 0 Å². The molecule has 0 amide bonds. The number of carboxylic acid groups (broad SMARTS) is 1. The molecule has 1 aromatic heterocycles. The number of carbonyl (C=O) groups is 1.